The number of Topliss-reactive ketones (excluding diaryl/α,β-unsaturated/α-hetero) is 1. The van der Waals surface area contributed by atoms with Crippen molar-refractivity contribution in [1.29, 1.82) is 0 Å². The van der Waals surface area contributed by atoms with Crippen LogP contribution in [0.5, 0.6) is 5.75 Å². The second-order valence-electron chi connectivity index (χ2n) is 5.14. The van der Waals surface area contributed by atoms with Crippen LogP contribution < -0.4 is 9.64 Å². The van der Waals surface area contributed by atoms with Crippen LogP contribution in [-0.4, -0.2) is 19.4 Å². The van der Waals surface area contributed by atoms with Crippen molar-refractivity contribution in [3.63, 3.8) is 0 Å². The zero-order chi connectivity index (χ0) is 16.8. The number of benzene rings is 2. The number of hydrogen-bond acceptors (Lipinski definition) is 4. The highest BCUT2D eigenvalue weighted by Gasteiger charge is 2.11. The minimum Gasteiger partial charge on any atom is -0.497 e. The number of allylic oxidation sites excluding steroid dienone is 1. The van der Waals surface area contributed by atoms with Crippen molar-refractivity contribution in [3.8, 4) is 5.75 Å². The van der Waals surface area contributed by atoms with Gasteiger partial charge in [0.2, 0.25) is 0 Å². The molecular weight excluding hydrogens is 306 g/mol. The van der Waals surface area contributed by atoms with Gasteiger partial charge in [0.15, 0.2) is 5.78 Å². The molecule has 0 aromatic heterocycles. The normalized spacial score (nSPS) is 11.2. The second kappa shape index (κ2) is 7.88. The lowest BCUT2D eigenvalue weighted by Gasteiger charge is -2.21. The van der Waals surface area contributed by atoms with E-state index in [4.69, 9.17) is 4.74 Å². The molecule has 0 aliphatic heterocycles. The number of ether oxygens (including phenoxy) is 1. The number of para-hydroxylation sites is 1. The molecule has 0 unspecified atom stereocenters. The third kappa shape index (κ3) is 4.17. The number of anilines is 1. The predicted molar refractivity (Wildman–Crippen MR) is 97.8 cm³/mol. The van der Waals surface area contributed by atoms with Crippen molar-refractivity contribution >= 4 is 24.1 Å². The summed E-state index contributed by atoms with van der Waals surface area (Å²) in [5.41, 5.74) is 2.31. The molecule has 0 heterocycles. The van der Waals surface area contributed by atoms with Crippen molar-refractivity contribution < 1.29 is 9.53 Å². The van der Waals surface area contributed by atoms with E-state index in [1.807, 2.05) is 49.2 Å². The van der Waals surface area contributed by atoms with E-state index in [1.54, 1.807) is 31.4 Å². The quantitative estimate of drug-likeness (QED) is 0.478. The number of hydrogen-bond donors (Lipinski definition) is 1. The second-order valence-corrected chi connectivity index (χ2v) is 5.63. The van der Waals surface area contributed by atoms with Crippen molar-refractivity contribution in [2.45, 2.75) is 18.7 Å². The van der Waals surface area contributed by atoms with Gasteiger partial charge in [-0.05, 0) is 50.2 Å². The maximum Gasteiger partial charge on any atom is 0.190 e. The van der Waals surface area contributed by atoms with Crippen LogP contribution >= 0.6 is 12.6 Å². The summed E-state index contributed by atoms with van der Waals surface area (Å²) >= 11 is 4.49. The Hall–Kier alpha value is -2.20. The number of rotatable bonds is 6. The molecule has 0 fully saturated rings. The van der Waals surface area contributed by atoms with Gasteiger partial charge in [-0.2, -0.15) is 0 Å². The summed E-state index contributed by atoms with van der Waals surface area (Å²) in [7, 11) is 1.61. The fourth-order valence-electron chi connectivity index (χ4n) is 2.30. The molecule has 4 heteroatoms. The third-order valence-electron chi connectivity index (χ3n) is 3.59. The zero-order valence-electron chi connectivity index (χ0n) is 13.6. The van der Waals surface area contributed by atoms with Gasteiger partial charge in [-0.15, -0.1) is 12.6 Å². The van der Waals surface area contributed by atoms with E-state index in [1.165, 1.54) is 0 Å². The van der Waals surface area contributed by atoms with Gasteiger partial charge in [0.05, 0.1) is 12.8 Å². The Morgan fingerprint density at radius 3 is 2.39 bits per heavy atom. The molecular formula is C19H21NO2S. The summed E-state index contributed by atoms with van der Waals surface area (Å²) in [6.45, 7) is 4.63. The molecule has 0 aliphatic carbocycles. The van der Waals surface area contributed by atoms with Crippen LogP contribution in [0.1, 0.15) is 24.2 Å². The predicted octanol–water partition coefficient (Wildman–Crippen LogP) is 4.60. The Balaban J connectivity index is 2.25. The first-order chi connectivity index (χ1) is 11.1. The number of thiol groups is 1. The highest BCUT2D eigenvalue weighted by molar-refractivity contribution is 7.80. The standard InChI is InChI=1S/C19H21NO2S/c1-4-20(17-7-5-6-8-18(17)23)13-14(2)19(21)15-9-11-16(22-3)12-10-15/h5-13,23H,4H2,1-3H3/b14-13-. The first-order valence-corrected chi connectivity index (χ1v) is 7.93. The van der Waals surface area contributed by atoms with Gasteiger partial charge in [-0.1, -0.05) is 12.1 Å². The Labute approximate surface area is 143 Å². The minimum absolute atomic E-state index is 0.00254. The lowest BCUT2D eigenvalue weighted by atomic mass is 10.1. The first-order valence-electron chi connectivity index (χ1n) is 7.48. The number of nitrogens with zero attached hydrogens (tertiary/aromatic N) is 1. The molecule has 0 radical (unpaired) electrons. The first kappa shape index (κ1) is 17.2. The van der Waals surface area contributed by atoms with Gasteiger partial charge in [-0.3, -0.25) is 4.79 Å². The maximum absolute atomic E-state index is 12.6. The molecule has 3 nitrogen and oxygen atoms in total. The van der Waals surface area contributed by atoms with Gasteiger partial charge in [0.25, 0.3) is 0 Å². The Morgan fingerprint density at radius 2 is 1.83 bits per heavy atom. The Kier molecular flexibility index (Phi) is 5.88. The summed E-state index contributed by atoms with van der Waals surface area (Å²) in [4.78, 5) is 15.5. The fourth-order valence-corrected chi connectivity index (χ4v) is 2.59. The van der Waals surface area contributed by atoms with E-state index in [0.29, 0.717) is 11.1 Å². The topological polar surface area (TPSA) is 29.5 Å². The molecule has 0 saturated carbocycles. The fraction of sp³-hybridized carbons (Fsp3) is 0.211. The molecule has 0 amide bonds. The maximum atomic E-state index is 12.6. The van der Waals surface area contributed by atoms with Gasteiger partial charge >= 0.3 is 0 Å². The Bertz CT molecular complexity index is 708. The van der Waals surface area contributed by atoms with E-state index in [-0.39, 0.29) is 5.78 Å². The summed E-state index contributed by atoms with van der Waals surface area (Å²) in [6.07, 6.45) is 1.88. The van der Waals surface area contributed by atoms with Crippen LogP contribution in [-0.2, 0) is 0 Å². The van der Waals surface area contributed by atoms with Gasteiger partial charge in [0.1, 0.15) is 5.75 Å². The van der Waals surface area contributed by atoms with Gasteiger partial charge in [0, 0.05) is 28.8 Å². The van der Waals surface area contributed by atoms with Crippen LogP contribution in [0, 0.1) is 0 Å². The van der Waals surface area contributed by atoms with E-state index in [0.717, 1.165) is 22.9 Å². The summed E-state index contributed by atoms with van der Waals surface area (Å²) in [5, 5.41) is 0. The highest BCUT2D eigenvalue weighted by Crippen LogP contribution is 2.25. The Morgan fingerprint density at radius 1 is 1.17 bits per heavy atom. The monoisotopic (exact) mass is 327 g/mol. The molecule has 2 aromatic rings. The van der Waals surface area contributed by atoms with E-state index < -0.39 is 0 Å². The van der Waals surface area contributed by atoms with Gasteiger partial charge < -0.3 is 9.64 Å². The molecule has 2 aromatic carbocycles. The number of methoxy groups -OCH3 is 1. The van der Waals surface area contributed by atoms with Crippen LogP contribution in [0.3, 0.4) is 0 Å². The van der Waals surface area contributed by atoms with Crippen LogP contribution in [0.15, 0.2) is 65.2 Å². The number of carbonyl (C=O) groups excluding carboxylic acids is 1. The summed E-state index contributed by atoms with van der Waals surface area (Å²) < 4.78 is 5.12. The van der Waals surface area contributed by atoms with Crippen LogP contribution in [0.4, 0.5) is 5.69 Å². The minimum atomic E-state index is 0.00254. The average molecular weight is 327 g/mol. The molecule has 0 saturated heterocycles. The van der Waals surface area contributed by atoms with E-state index in [2.05, 4.69) is 12.6 Å². The van der Waals surface area contributed by atoms with E-state index >= 15 is 0 Å². The van der Waals surface area contributed by atoms with Crippen LogP contribution in [0.2, 0.25) is 0 Å². The molecule has 2 rings (SSSR count). The number of ketones is 1. The summed E-state index contributed by atoms with van der Waals surface area (Å²) in [6, 6.07) is 15.0. The number of carbonyl (C=O) groups is 1. The third-order valence-corrected chi connectivity index (χ3v) is 3.97. The molecule has 23 heavy (non-hydrogen) atoms. The van der Waals surface area contributed by atoms with Crippen molar-refractivity contribution in [2.75, 3.05) is 18.6 Å². The summed E-state index contributed by atoms with van der Waals surface area (Å²) in [5.74, 6) is 0.741. The lowest BCUT2D eigenvalue weighted by molar-refractivity contribution is 0.103. The molecule has 120 valence electrons. The van der Waals surface area contributed by atoms with Crippen LogP contribution in [0.25, 0.3) is 0 Å². The zero-order valence-corrected chi connectivity index (χ0v) is 14.5. The molecule has 0 spiro atoms. The molecule has 0 atom stereocenters. The average Bonchev–Trinajstić information content (AvgIpc) is 2.59. The molecule has 0 aliphatic rings. The smallest absolute Gasteiger partial charge is 0.190 e. The van der Waals surface area contributed by atoms with Crippen molar-refractivity contribution in [1.82, 2.24) is 0 Å². The lowest BCUT2D eigenvalue weighted by Crippen LogP contribution is -2.18. The van der Waals surface area contributed by atoms with Gasteiger partial charge in [-0.25, -0.2) is 0 Å². The van der Waals surface area contributed by atoms with Crippen molar-refractivity contribution in [3.05, 3.63) is 65.9 Å². The SMILES string of the molecule is CCN(/C=C(/C)C(=O)c1ccc(OC)cc1)c1ccccc1S. The largest absolute Gasteiger partial charge is 0.497 e. The van der Waals surface area contributed by atoms with Crippen molar-refractivity contribution in [2.24, 2.45) is 0 Å². The molecule has 0 bridgehead atoms. The molecule has 0 N–H and O–H groups in total. The highest BCUT2D eigenvalue weighted by atomic mass is 32.1. The van der Waals surface area contributed by atoms with E-state index in [9.17, 15) is 4.79 Å².